The molecule has 0 heterocycles. The number of amides is 4. The van der Waals surface area contributed by atoms with Crippen molar-refractivity contribution in [1.29, 1.82) is 0 Å². The number of carbonyl (C=O) groups excluding carboxylic acids is 4. The number of phenolic OH excluding ortho intramolecular Hbond substituents is 1. The number of carbonyl (C=O) groups is 4. The molecule has 5 N–H and O–H groups in total. The summed E-state index contributed by atoms with van der Waals surface area (Å²) in [5, 5.41) is 18.2. The molecule has 4 rings (SSSR count). The van der Waals surface area contributed by atoms with Crippen molar-refractivity contribution in [3.8, 4) is 5.75 Å². The lowest BCUT2D eigenvalue weighted by Crippen LogP contribution is -2.53. The van der Waals surface area contributed by atoms with E-state index in [-0.39, 0.29) is 30.2 Å². The molecule has 0 radical (unpaired) electrons. The summed E-state index contributed by atoms with van der Waals surface area (Å²) in [4.78, 5) is 53.8. The first-order valence-corrected chi connectivity index (χ1v) is 13.6. The summed E-state index contributed by atoms with van der Waals surface area (Å²) in [6, 6.07) is 16.8. The van der Waals surface area contributed by atoms with Crippen LogP contribution >= 0.6 is 0 Å². The third-order valence-electron chi connectivity index (χ3n) is 6.64. The Morgan fingerprint density at radius 3 is 2.29 bits per heavy atom. The van der Waals surface area contributed by atoms with E-state index in [0.717, 1.165) is 10.8 Å². The van der Waals surface area contributed by atoms with Crippen LogP contribution in [0.4, 0.5) is 10.5 Å². The summed E-state index contributed by atoms with van der Waals surface area (Å²) in [6.07, 6.45) is 0.171. The summed E-state index contributed by atoms with van der Waals surface area (Å²) < 4.78 is 5.35. The topological polar surface area (TPSA) is 151 Å². The second-order valence-corrected chi connectivity index (χ2v) is 11.2. The highest BCUT2D eigenvalue weighted by molar-refractivity contribution is 6.01. The zero-order valence-electron chi connectivity index (χ0n) is 23.4. The molecule has 0 saturated heterocycles. The molecule has 216 valence electrons. The van der Waals surface area contributed by atoms with Gasteiger partial charge in [0.15, 0.2) is 0 Å². The number of ether oxygens (including phenoxy) is 1. The molecule has 41 heavy (non-hydrogen) atoms. The van der Waals surface area contributed by atoms with Gasteiger partial charge in [0.05, 0.1) is 0 Å². The molecule has 10 nitrogen and oxygen atoms in total. The van der Waals surface area contributed by atoms with Crippen molar-refractivity contribution in [3.63, 3.8) is 0 Å². The van der Waals surface area contributed by atoms with Crippen LogP contribution in [-0.2, 0) is 19.1 Å². The molecule has 2 atom stereocenters. The van der Waals surface area contributed by atoms with Crippen LogP contribution in [0.1, 0.15) is 58.1 Å². The second-order valence-electron chi connectivity index (χ2n) is 11.2. The Kier molecular flexibility index (Phi) is 8.80. The predicted molar refractivity (Wildman–Crippen MR) is 155 cm³/mol. The summed E-state index contributed by atoms with van der Waals surface area (Å²) in [7, 11) is 0. The molecule has 0 aromatic heterocycles. The standard InChI is InChI=1S/C31H36N4O6/c1-31(2,3)41-30(40)34-24(16-17-26(32)37)29(39)35(22-14-15-22)27(23-10-6-7-11-25(23)36)28(38)33-21-13-12-19-8-4-5-9-20(19)18-21/h4-13,18,22,24,27,36H,14-17H2,1-3H3,(H2,32,37)(H,33,38)(H,34,40). The number of phenols is 1. The SMILES string of the molecule is CC(C)(C)OC(=O)NC(CCC(N)=O)C(=O)N(C1CC1)C(C(=O)Nc1ccc2ccccc2c1)c1ccccc1O. The molecular weight excluding hydrogens is 524 g/mol. The fourth-order valence-corrected chi connectivity index (χ4v) is 4.66. The number of hydrogen-bond donors (Lipinski definition) is 4. The molecule has 0 aliphatic heterocycles. The maximum Gasteiger partial charge on any atom is 0.408 e. The van der Waals surface area contributed by atoms with Crippen LogP contribution in [0, 0.1) is 0 Å². The van der Waals surface area contributed by atoms with Gasteiger partial charge in [-0.3, -0.25) is 14.4 Å². The third kappa shape index (κ3) is 7.75. The van der Waals surface area contributed by atoms with Crippen molar-refractivity contribution in [2.75, 3.05) is 5.32 Å². The molecule has 2 unspecified atom stereocenters. The van der Waals surface area contributed by atoms with E-state index in [2.05, 4.69) is 10.6 Å². The van der Waals surface area contributed by atoms with E-state index in [4.69, 9.17) is 10.5 Å². The number of nitrogens with one attached hydrogen (secondary N) is 2. The number of rotatable bonds is 10. The summed E-state index contributed by atoms with van der Waals surface area (Å²) in [6.45, 7) is 5.07. The predicted octanol–water partition coefficient (Wildman–Crippen LogP) is 4.38. The van der Waals surface area contributed by atoms with E-state index < -0.39 is 41.5 Å². The Morgan fingerprint density at radius 1 is 1.00 bits per heavy atom. The van der Waals surface area contributed by atoms with Crippen LogP contribution in [0.15, 0.2) is 66.7 Å². The number of fused-ring (bicyclic) bond motifs is 1. The Labute approximate surface area is 238 Å². The van der Waals surface area contributed by atoms with Crippen molar-refractivity contribution in [2.45, 2.75) is 70.2 Å². The molecule has 3 aromatic carbocycles. The average Bonchev–Trinajstić information content (AvgIpc) is 3.74. The van der Waals surface area contributed by atoms with Gasteiger partial charge in [0.1, 0.15) is 23.4 Å². The number of benzene rings is 3. The van der Waals surface area contributed by atoms with E-state index in [9.17, 15) is 24.3 Å². The Hall–Kier alpha value is -4.60. The highest BCUT2D eigenvalue weighted by Crippen LogP contribution is 2.39. The number of para-hydroxylation sites is 1. The van der Waals surface area contributed by atoms with Crippen molar-refractivity contribution in [3.05, 3.63) is 72.3 Å². The Balaban J connectivity index is 1.70. The number of nitrogens with zero attached hydrogens (tertiary/aromatic N) is 1. The van der Waals surface area contributed by atoms with Crippen molar-refractivity contribution in [1.82, 2.24) is 10.2 Å². The van der Waals surface area contributed by atoms with E-state index in [1.54, 1.807) is 45.0 Å². The molecule has 1 fully saturated rings. The lowest BCUT2D eigenvalue weighted by atomic mass is 10.00. The molecule has 0 spiro atoms. The van der Waals surface area contributed by atoms with Crippen molar-refractivity contribution in [2.24, 2.45) is 5.73 Å². The Bertz CT molecular complexity index is 1450. The lowest BCUT2D eigenvalue weighted by molar-refractivity contribution is -0.141. The van der Waals surface area contributed by atoms with Crippen molar-refractivity contribution >= 4 is 40.3 Å². The fraction of sp³-hybridized carbons (Fsp3) is 0.355. The van der Waals surface area contributed by atoms with Gasteiger partial charge >= 0.3 is 6.09 Å². The van der Waals surface area contributed by atoms with Crippen LogP contribution in [0.3, 0.4) is 0 Å². The second kappa shape index (κ2) is 12.3. The number of anilines is 1. The van der Waals surface area contributed by atoms with Crippen molar-refractivity contribution < 1.29 is 29.0 Å². The van der Waals surface area contributed by atoms with Crippen LogP contribution < -0.4 is 16.4 Å². The molecular formula is C31H36N4O6. The van der Waals surface area contributed by atoms with E-state index in [1.807, 2.05) is 36.4 Å². The zero-order valence-corrected chi connectivity index (χ0v) is 23.4. The minimum Gasteiger partial charge on any atom is -0.508 e. The molecule has 10 heteroatoms. The summed E-state index contributed by atoms with van der Waals surface area (Å²) in [5.74, 6) is -1.91. The first-order chi connectivity index (χ1) is 19.4. The van der Waals surface area contributed by atoms with Gasteiger partial charge < -0.3 is 31.1 Å². The number of nitrogens with two attached hydrogens (primary N) is 1. The minimum absolute atomic E-state index is 0.0869. The molecule has 0 bridgehead atoms. The molecule has 4 amide bonds. The van der Waals surface area contributed by atoms with Crippen LogP contribution in [0.2, 0.25) is 0 Å². The fourth-order valence-electron chi connectivity index (χ4n) is 4.66. The lowest BCUT2D eigenvalue weighted by Gasteiger charge is -2.35. The number of alkyl carbamates (subject to hydrolysis) is 1. The van der Waals surface area contributed by atoms with Crippen LogP contribution in [-0.4, -0.2) is 51.5 Å². The van der Waals surface area contributed by atoms with Gasteiger partial charge in [-0.15, -0.1) is 0 Å². The summed E-state index contributed by atoms with van der Waals surface area (Å²) >= 11 is 0. The highest BCUT2D eigenvalue weighted by atomic mass is 16.6. The van der Waals surface area contributed by atoms with Gasteiger partial charge in [0, 0.05) is 23.7 Å². The van der Waals surface area contributed by atoms with Gasteiger partial charge in [0.2, 0.25) is 11.8 Å². The maximum atomic E-state index is 14.1. The molecule has 1 aliphatic rings. The number of aromatic hydroxyl groups is 1. The van der Waals surface area contributed by atoms with Gasteiger partial charge in [-0.1, -0.05) is 48.5 Å². The minimum atomic E-state index is -1.22. The zero-order chi connectivity index (χ0) is 29.7. The largest absolute Gasteiger partial charge is 0.508 e. The number of hydrogen-bond acceptors (Lipinski definition) is 6. The smallest absolute Gasteiger partial charge is 0.408 e. The highest BCUT2D eigenvalue weighted by Gasteiger charge is 2.44. The Morgan fingerprint density at radius 2 is 1.66 bits per heavy atom. The van der Waals surface area contributed by atoms with Crippen LogP contribution in [0.5, 0.6) is 5.75 Å². The summed E-state index contributed by atoms with van der Waals surface area (Å²) in [5.41, 5.74) is 5.29. The first-order valence-electron chi connectivity index (χ1n) is 13.6. The third-order valence-corrected chi connectivity index (χ3v) is 6.64. The number of primary amides is 1. The van der Waals surface area contributed by atoms with Gasteiger partial charge in [-0.2, -0.15) is 0 Å². The van der Waals surface area contributed by atoms with E-state index >= 15 is 0 Å². The monoisotopic (exact) mass is 560 g/mol. The van der Waals surface area contributed by atoms with Gasteiger partial charge in [-0.25, -0.2) is 4.79 Å². The van der Waals surface area contributed by atoms with E-state index in [1.165, 1.54) is 11.0 Å². The normalized spacial score (nSPS) is 14.5. The molecule has 1 aliphatic carbocycles. The average molecular weight is 561 g/mol. The molecule has 1 saturated carbocycles. The van der Waals surface area contributed by atoms with Crippen LogP contribution in [0.25, 0.3) is 10.8 Å². The van der Waals surface area contributed by atoms with E-state index in [0.29, 0.717) is 18.5 Å². The quantitative estimate of drug-likeness (QED) is 0.289. The maximum absolute atomic E-state index is 14.1. The first kappa shape index (κ1) is 29.4. The molecule has 3 aromatic rings. The van der Waals surface area contributed by atoms with Gasteiger partial charge in [-0.05, 0) is 69.0 Å². The van der Waals surface area contributed by atoms with Gasteiger partial charge in [0.25, 0.3) is 5.91 Å².